The van der Waals surface area contributed by atoms with E-state index in [1.165, 1.54) is 11.3 Å². The summed E-state index contributed by atoms with van der Waals surface area (Å²) in [5.74, 6) is 0. The monoisotopic (exact) mass is 270 g/mol. The second kappa shape index (κ2) is 4.71. The molecule has 0 fully saturated rings. The predicted octanol–water partition coefficient (Wildman–Crippen LogP) is 4.53. The van der Waals surface area contributed by atoms with Crippen molar-refractivity contribution < 1.29 is 0 Å². The fraction of sp³-hybridized carbons (Fsp3) is 0.188. The van der Waals surface area contributed by atoms with Gasteiger partial charge in [-0.1, -0.05) is 30.7 Å². The first kappa shape index (κ1) is 12.2. The number of pyridine rings is 1. The highest BCUT2D eigenvalue weighted by molar-refractivity contribution is 6.30. The van der Waals surface area contributed by atoms with Crippen molar-refractivity contribution in [3.8, 4) is 11.3 Å². The average Bonchev–Trinajstić information content (AvgIpc) is 2.81. The van der Waals surface area contributed by atoms with E-state index in [-0.39, 0.29) is 0 Å². The summed E-state index contributed by atoms with van der Waals surface area (Å²) < 4.78 is 2.02. The van der Waals surface area contributed by atoms with Crippen molar-refractivity contribution >= 4 is 17.1 Å². The fourth-order valence-electron chi connectivity index (χ4n) is 2.37. The highest BCUT2D eigenvalue weighted by atomic mass is 35.5. The SMILES string of the molecule is CCc1cc(C)cc2cc(-c3cccc(Cl)c3)nn12. The number of nitrogens with zero attached hydrogens (tertiary/aromatic N) is 2. The molecule has 3 heteroatoms. The number of hydrogen-bond donors (Lipinski definition) is 0. The van der Waals surface area contributed by atoms with Crippen LogP contribution in [0.15, 0.2) is 42.5 Å². The molecule has 0 bridgehead atoms. The summed E-state index contributed by atoms with van der Waals surface area (Å²) in [6, 6.07) is 14.3. The summed E-state index contributed by atoms with van der Waals surface area (Å²) in [5, 5.41) is 5.43. The Morgan fingerprint density at radius 3 is 2.74 bits per heavy atom. The molecule has 0 saturated heterocycles. The van der Waals surface area contributed by atoms with Crippen LogP contribution in [0.5, 0.6) is 0 Å². The third kappa shape index (κ3) is 2.24. The van der Waals surface area contributed by atoms with Crippen LogP contribution in [0.3, 0.4) is 0 Å². The van der Waals surface area contributed by atoms with Crippen LogP contribution in [0.1, 0.15) is 18.2 Å². The van der Waals surface area contributed by atoms with Crippen LogP contribution in [-0.2, 0) is 6.42 Å². The van der Waals surface area contributed by atoms with E-state index in [1.54, 1.807) is 0 Å². The van der Waals surface area contributed by atoms with E-state index < -0.39 is 0 Å². The molecule has 0 aliphatic carbocycles. The number of benzene rings is 1. The van der Waals surface area contributed by atoms with Crippen LogP contribution >= 0.6 is 11.6 Å². The molecule has 0 atom stereocenters. The maximum atomic E-state index is 6.04. The molecule has 96 valence electrons. The van der Waals surface area contributed by atoms with Gasteiger partial charge in [-0.2, -0.15) is 5.10 Å². The summed E-state index contributed by atoms with van der Waals surface area (Å²) in [6.07, 6.45) is 0.967. The van der Waals surface area contributed by atoms with E-state index in [0.29, 0.717) is 0 Å². The lowest BCUT2D eigenvalue weighted by molar-refractivity contribution is 0.865. The van der Waals surface area contributed by atoms with E-state index in [2.05, 4.69) is 32.0 Å². The van der Waals surface area contributed by atoms with Gasteiger partial charge in [0.05, 0.1) is 11.2 Å². The van der Waals surface area contributed by atoms with Crippen LogP contribution in [0.4, 0.5) is 0 Å². The molecule has 3 rings (SSSR count). The molecule has 2 aromatic heterocycles. The first-order valence-electron chi connectivity index (χ1n) is 6.42. The molecule has 0 amide bonds. The first-order chi connectivity index (χ1) is 9.17. The fourth-order valence-corrected chi connectivity index (χ4v) is 2.56. The molecule has 2 nitrogen and oxygen atoms in total. The van der Waals surface area contributed by atoms with E-state index in [9.17, 15) is 0 Å². The summed E-state index contributed by atoms with van der Waals surface area (Å²) >= 11 is 6.04. The molecule has 2 heterocycles. The van der Waals surface area contributed by atoms with E-state index in [1.807, 2.05) is 28.8 Å². The number of aryl methyl sites for hydroxylation is 2. The van der Waals surface area contributed by atoms with Crippen molar-refractivity contribution in [3.63, 3.8) is 0 Å². The quantitative estimate of drug-likeness (QED) is 0.669. The highest BCUT2D eigenvalue weighted by Gasteiger charge is 2.08. The molecule has 0 aliphatic rings. The molecule has 19 heavy (non-hydrogen) atoms. The number of halogens is 1. The molecule has 0 spiro atoms. The van der Waals surface area contributed by atoms with E-state index in [4.69, 9.17) is 16.7 Å². The summed E-state index contributed by atoms with van der Waals surface area (Å²) in [5.41, 5.74) is 5.63. The number of rotatable bonds is 2. The molecule has 0 radical (unpaired) electrons. The largest absolute Gasteiger partial charge is 0.237 e. The summed E-state index contributed by atoms with van der Waals surface area (Å²) in [4.78, 5) is 0. The molecule has 3 aromatic rings. The minimum atomic E-state index is 0.737. The van der Waals surface area contributed by atoms with Crippen molar-refractivity contribution in [2.24, 2.45) is 0 Å². The minimum absolute atomic E-state index is 0.737. The number of aromatic nitrogens is 2. The van der Waals surface area contributed by atoms with Crippen molar-refractivity contribution in [2.75, 3.05) is 0 Å². The Labute approximate surface area is 117 Å². The highest BCUT2D eigenvalue weighted by Crippen LogP contribution is 2.24. The molecule has 0 saturated carbocycles. The Bertz CT molecular complexity index is 744. The molecule has 0 aliphatic heterocycles. The van der Waals surface area contributed by atoms with Gasteiger partial charge >= 0.3 is 0 Å². The molecular formula is C16H15ClN2. The molecule has 0 N–H and O–H groups in total. The van der Waals surface area contributed by atoms with Gasteiger partial charge in [0.15, 0.2) is 0 Å². The van der Waals surface area contributed by atoms with Crippen molar-refractivity contribution in [1.82, 2.24) is 9.61 Å². The lowest BCUT2D eigenvalue weighted by Crippen LogP contribution is -1.97. The van der Waals surface area contributed by atoms with Gasteiger partial charge in [0.1, 0.15) is 0 Å². The maximum Gasteiger partial charge on any atom is 0.0934 e. The normalized spacial score (nSPS) is 11.1. The minimum Gasteiger partial charge on any atom is -0.237 e. The van der Waals surface area contributed by atoms with Gasteiger partial charge in [-0.15, -0.1) is 0 Å². The summed E-state index contributed by atoms with van der Waals surface area (Å²) in [7, 11) is 0. The van der Waals surface area contributed by atoms with Gasteiger partial charge < -0.3 is 0 Å². The second-order valence-corrected chi connectivity index (χ2v) is 5.19. The number of hydrogen-bond acceptors (Lipinski definition) is 1. The van der Waals surface area contributed by atoms with Crippen molar-refractivity contribution in [1.29, 1.82) is 0 Å². The van der Waals surface area contributed by atoms with Crippen molar-refractivity contribution in [3.05, 3.63) is 58.7 Å². The van der Waals surface area contributed by atoms with Gasteiger partial charge in [-0.25, -0.2) is 4.52 Å². The number of fused-ring (bicyclic) bond motifs is 1. The average molecular weight is 271 g/mol. The Morgan fingerprint density at radius 2 is 2.00 bits per heavy atom. The first-order valence-corrected chi connectivity index (χ1v) is 6.80. The van der Waals surface area contributed by atoms with Crippen LogP contribution in [0, 0.1) is 6.92 Å². The third-order valence-electron chi connectivity index (χ3n) is 3.26. The lowest BCUT2D eigenvalue weighted by Gasteiger charge is -2.03. The van der Waals surface area contributed by atoms with Gasteiger partial charge in [0, 0.05) is 16.3 Å². The molecule has 1 aromatic carbocycles. The third-order valence-corrected chi connectivity index (χ3v) is 3.50. The molecular weight excluding hydrogens is 256 g/mol. The topological polar surface area (TPSA) is 17.3 Å². The zero-order valence-corrected chi connectivity index (χ0v) is 11.8. The summed E-state index contributed by atoms with van der Waals surface area (Å²) in [6.45, 7) is 4.26. The van der Waals surface area contributed by atoms with Gasteiger partial charge in [0.25, 0.3) is 0 Å². The van der Waals surface area contributed by atoms with Crippen LogP contribution in [0.25, 0.3) is 16.8 Å². The second-order valence-electron chi connectivity index (χ2n) is 4.75. The van der Waals surface area contributed by atoms with Gasteiger partial charge in [-0.3, -0.25) is 0 Å². The smallest absolute Gasteiger partial charge is 0.0934 e. The van der Waals surface area contributed by atoms with Crippen LogP contribution in [0.2, 0.25) is 5.02 Å². The predicted molar refractivity (Wildman–Crippen MR) is 79.8 cm³/mol. The van der Waals surface area contributed by atoms with Gasteiger partial charge in [-0.05, 0) is 49.2 Å². The van der Waals surface area contributed by atoms with E-state index in [0.717, 1.165) is 28.2 Å². The van der Waals surface area contributed by atoms with E-state index >= 15 is 0 Å². The Hall–Kier alpha value is -1.80. The van der Waals surface area contributed by atoms with Gasteiger partial charge in [0.2, 0.25) is 0 Å². The lowest BCUT2D eigenvalue weighted by atomic mass is 10.1. The zero-order chi connectivity index (χ0) is 13.4. The Kier molecular flexibility index (Phi) is 3.03. The standard InChI is InChI=1S/C16H15ClN2/c1-3-14-7-11(2)8-15-10-16(18-19(14)15)12-5-4-6-13(17)9-12/h4-10H,3H2,1-2H3. The zero-order valence-electron chi connectivity index (χ0n) is 11.0. The molecule has 0 unspecified atom stereocenters. The maximum absolute atomic E-state index is 6.04. The van der Waals surface area contributed by atoms with Crippen LogP contribution < -0.4 is 0 Å². The Morgan fingerprint density at radius 1 is 1.16 bits per heavy atom. The van der Waals surface area contributed by atoms with Crippen molar-refractivity contribution in [2.45, 2.75) is 20.3 Å². The Balaban J connectivity index is 2.21. The van der Waals surface area contributed by atoms with Crippen LogP contribution in [-0.4, -0.2) is 9.61 Å².